The van der Waals surface area contributed by atoms with Crippen LogP contribution >= 0.6 is 15.9 Å². The molecule has 0 radical (unpaired) electrons. The van der Waals surface area contributed by atoms with E-state index in [0.717, 1.165) is 0 Å². The lowest BCUT2D eigenvalue weighted by Gasteiger charge is -2.64. The van der Waals surface area contributed by atoms with Crippen LogP contribution in [0.25, 0.3) is 0 Å². The number of hydrogen-bond donors (Lipinski definition) is 2. The van der Waals surface area contributed by atoms with E-state index in [4.69, 9.17) is 9.47 Å². The maximum Gasteiger partial charge on any atom is 0.193 e. The summed E-state index contributed by atoms with van der Waals surface area (Å²) in [5.41, 5.74) is -2.80. The predicted molar refractivity (Wildman–Crippen MR) is 117 cm³/mol. The molecule has 4 aliphatic carbocycles. The Hall–Kier alpha value is -0.930. The second-order valence-electron chi connectivity index (χ2n) is 11.0. The molecule has 1 saturated heterocycles. The molecule has 0 spiro atoms. The molecule has 0 aromatic rings. The third-order valence-corrected chi connectivity index (χ3v) is 11.1. The zero-order chi connectivity index (χ0) is 23.5. The Labute approximate surface area is 195 Å². The number of carbonyl (C=O) groups excluding carboxylic acids is 2. The van der Waals surface area contributed by atoms with Crippen molar-refractivity contribution in [2.75, 3.05) is 6.61 Å². The zero-order valence-electron chi connectivity index (χ0n) is 18.7. The number of fused-ring (bicyclic) bond motifs is 7. The van der Waals surface area contributed by atoms with Crippen molar-refractivity contribution in [3.63, 3.8) is 0 Å². The molecule has 0 aromatic carbocycles. The first-order valence-corrected chi connectivity index (χ1v) is 12.0. The van der Waals surface area contributed by atoms with Crippen LogP contribution in [0.1, 0.15) is 47.0 Å². The molecule has 6 nitrogen and oxygen atoms in total. The van der Waals surface area contributed by atoms with Crippen LogP contribution in [-0.2, 0) is 19.1 Å². The van der Waals surface area contributed by atoms with Gasteiger partial charge in [0.1, 0.15) is 12.8 Å². The van der Waals surface area contributed by atoms with Crippen LogP contribution in [0, 0.1) is 22.7 Å². The van der Waals surface area contributed by atoms with Crippen LogP contribution in [0.15, 0.2) is 23.8 Å². The Bertz CT molecular complexity index is 962. The fourth-order valence-corrected chi connectivity index (χ4v) is 8.95. The van der Waals surface area contributed by atoms with Gasteiger partial charge >= 0.3 is 0 Å². The minimum atomic E-state index is -1.41. The molecule has 4 fully saturated rings. The zero-order valence-corrected chi connectivity index (χ0v) is 20.3. The molecule has 1 aliphatic heterocycles. The van der Waals surface area contributed by atoms with Crippen LogP contribution in [0.2, 0.25) is 0 Å². The van der Waals surface area contributed by atoms with Crippen molar-refractivity contribution in [2.45, 2.75) is 81.0 Å². The van der Waals surface area contributed by atoms with Crippen LogP contribution in [0.4, 0.5) is 4.39 Å². The summed E-state index contributed by atoms with van der Waals surface area (Å²) in [7, 11) is 0. The maximum absolute atomic E-state index is 15.6. The van der Waals surface area contributed by atoms with Gasteiger partial charge in [-0.25, -0.2) is 4.39 Å². The average Bonchev–Trinajstić information content (AvgIpc) is 3.11. The molecule has 9 atom stereocenters. The third-order valence-electron chi connectivity index (χ3n) is 9.18. The summed E-state index contributed by atoms with van der Waals surface area (Å²) in [6, 6.07) is 0. The first-order chi connectivity index (χ1) is 14.8. The van der Waals surface area contributed by atoms with Crippen LogP contribution in [0.3, 0.4) is 0 Å². The highest BCUT2D eigenvalue weighted by Gasteiger charge is 2.79. The van der Waals surface area contributed by atoms with Crippen molar-refractivity contribution in [3.8, 4) is 0 Å². The van der Waals surface area contributed by atoms with Crippen molar-refractivity contribution in [2.24, 2.45) is 22.7 Å². The van der Waals surface area contributed by atoms with Gasteiger partial charge in [-0.3, -0.25) is 9.59 Å². The molecule has 1 heterocycles. The summed E-state index contributed by atoms with van der Waals surface area (Å²) in [5, 5.41) is 21.5. The van der Waals surface area contributed by atoms with Gasteiger partial charge < -0.3 is 19.7 Å². The molecule has 5 aliphatic rings. The van der Waals surface area contributed by atoms with Crippen molar-refractivity contribution in [3.05, 3.63) is 23.8 Å². The number of aliphatic hydroxyl groups is 2. The monoisotopic (exact) mass is 512 g/mol. The van der Waals surface area contributed by atoms with Gasteiger partial charge in [0.25, 0.3) is 0 Å². The molecule has 4 unspecified atom stereocenters. The van der Waals surface area contributed by atoms with Gasteiger partial charge in [0, 0.05) is 10.8 Å². The first-order valence-electron chi connectivity index (χ1n) is 11.3. The summed E-state index contributed by atoms with van der Waals surface area (Å²) in [5.74, 6) is -2.28. The van der Waals surface area contributed by atoms with Crippen molar-refractivity contribution in [1.82, 2.24) is 0 Å². The van der Waals surface area contributed by atoms with E-state index in [1.165, 1.54) is 12.2 Å². The van der Waals surface area contributed by atoms with E-state index < -0.39 is 57.3 Å². The lowest BCUT2D eigenvalue weighted by atomic mass is 9.45. The highest BCUT2D eigenvalue weighted by Crippen LogP contribution is 2.73. The van der Waals surface area contributed by atoms with E-state index in [1.807, 2.05) is 13.8 Å². The van der Waals surface area contributed by atoms with E-state index >= 15 is 4.39 Å². The lowest BCUT2D eigenvalue weighted by molar-refractivity contribution is -0.222. The normalized spacial score (nSPS) is 53.2. The van der Waals surface area contributed by atoms with Gasteiger partial charge in [0.2, 0.25) is 0 Å². The standard InChI is InChI=1S/C24H30BrFO6/c1-20(2)31-19-9-13-14-8-16(26)15-7-12(28)5-6-21(15,3)23(14,25)17(29)10-22(13,4)24(19,32-20)18(30)11-27/h5-7,13-14,16-17,19,27,29H,8-11H2,1-4H3/t13?,14?,16-,17-,19?,21-,22?,23-,24+/m0/s1. The summed E-state index contributed by atoms with van der Waals surface area (Å²) < 4.78 is 27.1. The van der Waals surface area contributed by atoms with E-state index in [-0.39, 0.29) is 30.5 Å². The van der Waals surface area contributed by atoms with E-state index in [2.05, 4.69) is 15.9 Å². The number of ketones is 2. The average molecular weight is 513 g/mol. The fraction of sp³-hybridized carbons (Fsp3) is 0.750. The van der Waals surface area contributed by atoms with Gasteiger partial charge in [-0.15, -0.1) is 0 Å². The Kier molecular flexibility index (Phi) is 4.71. The van der Waals surface area contributed by atoms with Crippen molar-refractivity contribution >= 4 is 27.5 Å². The van der Waals surface area contributed by atoms with Gasteiger partial charge in [0.05, 0.1) is 16.5 Å². The number of alkyl halides is 2. The molecule has 8 heteroatoms. The first kappa shape index (κ1) is 22.8. The lowest BCUT2D eigenvalue weighted by Crippen LogP contribution is -2.70. The topological polar surface area (TPSA) is 93.1 Å². The number of carbonyl (C=O) groups is 2. The highest BCUT2D eigenvalue weighted by atomic mass is 79.9. The third kappa shape index (κ3) is 2.43. The summed E-state index contributed by atoms with van der Waals surface area (Å²) in [4.78, 5) is 25.3. The molecule has 5 rings (SSSR count). The quantitative estimate of drug-likeness (QED) is 0.552. The number of halogens is 2. The van der Waals surface area contributed by atoms with Crippen molar-refractivity contribution in [1.29, 1.82) is 0 Å². The van der Waals surface area contributed by atoms with Crippen LogP contribution in [-0.4, -0.2) is 62.5 Å². The van der Waals surface area contributed by atoms with Crippen molar-refractivity contribution < 1.29 is 33.7 Å². The molecule has 0 aromatic heterocycles. The number of hydrogen-bond acceptors (Lipinski definition) is 6. The minimum Gasteiger partial charge on any atom is -0.392 e. The van der Waals surface area contributed by atoms with Gasteiger partial charge in [-0.2, -0.15) is 0 Å². The van der Waals surface area contributed by atoms with Crippen LogP contribution in [0.5, 0.6) is 0 Å². The Balaban J connectivity index is 1.66. The van der Waals surface area contributed by atoms with E-state index in [1.54, 1.807) is 19.9 Å². The van der Waals surface area contributed by atoms with Gasteiger partial charge in [-0.1, -0.05) is 35.9 Å². The van der Waals surface area contributed by atoms with E-state index in [9.17, 15) is 19.8 Å². The number of Topliss-reactive ketones (excluding diaryl/α,β-unsaturated/α-hetero) is 1. The Morgan fingerprint density at radius 3 is 2.59 bits per heavy atom. The smallest absolute Gasteiger partial charge is 0.193 e. The molecule has 2 N–H and O–H groups in total. The number of aliphatic hydroxyl groups excluding tert-OH is 2. The Morgan fingerprint density at radius 2 is 1.94 bits per heavy atom. The number of ether oxygens (including phenoxy) is 2. The molecule has 3 saturated carbocycles. The summed E-state index contributed by atoms with van der Waals surface area (Å²) in [6.45, 7) is 6.56. The second kappa shape index (κ2) is 6.60. The number of allylic oxidation sites excluding steroid dienone is 4. The molecular weight excluding hydrogens is 483 g/mol. The summed E-state index contributed by atoms with van der Waals surface area (Å²) in [6.07, 6.45) is 2.40. The molecular formula is C24H30BrFO6. The molecule has 176 valence electrons. The van der Waals surface area contributed by atoms with Gasteiger partial charge in [0.15, 0.2) is 23.0 Å². The molecule has 0 amide bonds. The minimum absolute atomic E-state index is 0.116. The summed E-state index contributed by atoms with van der Waals surface area (Å²) >= 11 is 3.88. The highest BCUT2D eigenvalue weighted by molar-refractivity contribution is 9.10. The van der Waals surface area contributed by atoms with Gasteiger partial charge in [-0.05, 0) is 62.7 Å². The fourth-order valence-electron chi connectivity index (χ4n) is 7.92. The maximum atomic E-state index is 15.6. The second-order valence-corrected chi connectivity index (χ2v) is 12.3. The van der Waals surface area contributed by atoms with Crippen LogP contribution < -0.4 is 0 Å². The number of rotatable bonds is 2. The predicted octanol–water partition coefficient (Wildman–Crippen LogP) is 2.79. The van der Waals surface area contributed by atoms with E-state index in [0.29, 0.717) is 12.0 Å². The largest absolute Gasteiger partial charge is 0.392 e. The SMILES string of the molecule is CC1(C)OC2CC3C4C[C@H](F)C5=CC(=O)C=C[C@]5(C)[C@@]4(Br)[C@@H](O)CC3(C)[C@]2(C(=O)CO)O1. The molecule has 32 heavy (non-hydrogen) atoms. The molecule has 0 bridgehead atoms. The Morgan fingerprint density at radius 1 is 1.25 bits per heavy atom.